The Morgan fingerprint density at radius 3 is 1.20 bits per heavy atom. The SMILES string of the molecule is CCCCCCCCCCCCOCCOCCOCCOCCOCCOCCOC(=O)CCC(=O)C(=O)O. The molecule has 0 amide bonds. The van der Waals surface area contributed by atoms with Gasteiger partial charge in [0.15, 0.2) is 0 Å². The van der Waals surface area contributed by atoms with Crippen LogP contribution in [0.3, 0.4) is 0 Å². The fourth-order valence-electron chi connectivity index (χ4n) is 3.50. The van der Waals surface area contributed by atoms with Crippen LogP contribution in [0.4, 0.5) is 0 Å². The van der Waals surface area contributed by atoms with Crippen LogP contribution in [0, 0.1) is 0 Å². The Balaban J connectivity index is 3.12. The molecule has 0 saturated carbocycles. The molecule has 0 aliphatic heterocycles. The van der Waals surface area contributed by atoms with Gasteiger partial charge >= 0.3 is 11.9 Å². The second kappa shape index (κ2) is 31.9. The highest BCUT2D eigenvalue weighted by molar-refractivity contribution is 6.32. The molecule has 0 bridgehead atoms. The largest absolute Gasteiger partial charge is 0.476 e. The van der Waals surface area contributed by atoms with Gasteiger partial charge in [0, 0.05) is 13.0 Å². The van der Waals surface area contributed by atoms with E-state index in [1.165, 1.54) is 57.8 Å². The molecule has 0 unspecified atom stereocenters. The van der Waals surface area contributed by atoms with Crippen molar-refractivity contribution in [2.45, 2.75) is 84.0 Å². The summed E-state index contributed by atoms with van der Waals surface area (Å²) < 4.78 is 37.5. The Labute approximate surface area is 240 Å². The molecule has 0 aromatic rings. The van der Waals surface area contributed by atoms with Gasteiger partial charge in [0.05, 0.1) is 79.1 Å². The average molecular weight is 579 g/mol. The molecule has 0 spiro atoms. The number of carbonyl (C=O) groups is 3. The molecule has 40 heavy (non-hydrogen) atoms. The first-order valence-corrected chi connectivity index (χ1v) is 15.0. The van der Waals surface area contributed by atoms with Crippen LogP contribution >= 0.6 is 0 Å². The van der Waals surface area contributed by atoms with Gasteiger partial charge in [-0.25, -0.2) is 4.79 Å². The van der Waals surface area contributed by atoms with E-state index >= 15 is 0 Å². The molecule has 0 aliphatic carbocycles. The molecule has 11 nitrogen and oxygen atoms in total. The Hall–Kier alpha value is -1.63. The van der Waals surface area contributed by atoms with Crippen molar-refractivity contribution in [3.8, 4) is 0 Å². The molecule has 0 atom stereocenters. The van der Waals surface area contributed by atoms with Crippen LogP contribution in [0.5, 0.6) is 0 Å². The van der Waals surface area contributed by atoms with Gasteiger partial charge in [-0.3, -0.25) is 9.59 Å². The first kappa shape index (κ1) is 38.4. The van der Waals surface area contributed by atoms with E-state index in [1.54, 1.807) is 0 Å². The van der Waals surface area contributed by atoms with Crippen molar-refractivity contribution in [2.75, 3.05) is 85.9 Å². The van der Waals surface area contributed by atoms with E-state index in [-0.39, 0.29) is 26.1 Å². The molecule has 0 rings (SSSR count). The number of carboxylic acids is 1. The zero-order valence-corrected chi connectivity index (χ0v) is 24.7. The van der Waals surface area contributed by atoms with Gasteiger partial charge in [-0.15, -0.1) is 0 Å². The first-order chi connectivity index (χ1) is 19.6. The summed E-state index contributed by atoms with van der Waals surface area (Å²) in [6, 6.07) is 0. The third-order valence-corrected chi connectivity index (χ3v) is 5.79. The van der Waals surface area contributed by atoms with Crippen LogP contribution in [0.25, 0.3) is 0 Å². The van der Waals surface area contributed by atoms with Crippen molar-refractivity contribution in [1.82, 2.24) is 0 Å². The van der Waals surface area contributed by atoms with E-state index in [0.717, 1.165) is 13.0 Å². The van der Waals surface area contributed by atoms with E-state index in [0.29, 0.717) is 66.1 Å². The van der Waals surface area contributed by atoms with Crippen molar-refractivity contribution in [3.05, 3.63) is 0 Å². The number of ketones is 1. The zero-order valence-electron chi connectivity index (χ0n) is 24.7. The lowest BCUT2D eigenvalue weighted by Crippen LogP contribution is -2.17. The molecule has 0 aromatic heterocycles. The van der Waals surface area contributed by atoms with Crippen LogP contribution in [-0.2, 0) is 47.5 Å². The minimum Gasteiger partial charge on any atom is -0.476 e. The minimum absolute atomic E-state index is 0.0292. The second-order valence-corrected chi connectivity index (χ2v) is 9.31. The normalized spacial score (nSPS) is 11.1. The smallest absolute Gasteiger partial charge is 0.372 e. The number of carbonyl (C=O) groups excluding carboxylic acids is 2. The van der Waals surface area contributed by atoms with E-state index in [2.05, 4.69) is 6.92 Å². The molecule has 0 radical (unpaired) electrons. The number of esters is 1. The van der Waals surface area contributed by atoms with Crippen molar-refractivity contribution >= 4 is 17.7 Å². The summed E-state index contributed by atoms with van der Waals surface area (Å²) in [6.45, 7) is 8.10. The lowest BCUT2D eigenvalue weighted by Gasteiger charge is -2.08. The summed E-state index contributed by atoms with van der Waals surface area (Å²) >= 11 is 0. The third kappa shape index (κ3) is 30.9. The highest BCUT2D eigenvalue weighted by Crippen LogP contribution is 2.10. The van der Waals surface area contributed by atoms with Crippen molar-refractivity contribution in [3.63, 3.8) is 0 Å². The zero-order chi connectivity index (χ0) is 29.4. The second-order valence-electron chi connectivity index (χ2n) is 9.31. The number of hydrogen-bond acceptors (Lipinski definition) is 10. The van der Waals surface area contributed by atoms with Gasteiger partial charge in [-0.2, -0.15) is 0 Å². The lowest BCUT2D eigenvalue weighted by atomic mass is 10.1. The molecule has 0 aromatic carbocycles. The summed E-state index contributed by atoms with van der Waals surface area (Å²) in [4.78, 5) is 32.6. The highest BCUT2D eigenvalue weighted by Gasteiger charge is 2.14. The summed E-state index contributed by atoms with van der Waals surface area (Å²) in [5.74, 6) is -3.21. The highest BCUT2D eigenvalue weighted by atomic mass is 16.6. The topological polar surface area (TPSA) is 136 Å². The average Bonchev–Trinajstić information content (AvgIpc) is 2.95. The molecule has 0 saturated heterocycles. The maximum atomic E-state index is 11.3. The van der Waals surface area contributed by atoms with Crippen LogP contribution in [0.2, 0.25) is 0 Å². The van der Waals surface area contributed by atoms with Gasteiger partial charge < -0.3 is 38.3 Å². The summed E-state index contributed by atoms with van der Waals surface area (Å²) in [7, 11) is 0. The molecule has 1 N–H and O–H groups in total. The summed E-state index contributed by atoms with van der Waals surface area (Å²) in [6.07, 6.45) is 12.6. The number of aliphatic carboxylic acids is 1. The standard InChI is InChI=1S/C29H54O11/c1-2-3-4-5-6-7-8-9-10-11-14-34-15-16-35-17-18-36-19-20-37-21-22-38-23-24-39-25-26-40-28(31)13-12-27(30)29(32)33/h2-26H2,1H3,(H,32,33). The minimum atomic E-state index is -1.55. The molecule has 11 heteroatoms. The summed E-state index contributed by atoms with van der Waals surface area (Å²) in [5, 5.41) is 8.43. The number of ether oxygens (including phenoxy) is 7. The van der Waals surface area contributed by atoms with Crippen molar-refractivity contribution < 1.29 is 52.6 Å². The fourth-order valence-corrected chi connectivity index (χ4v) is 3.50. The Morgan fingerprint density at radius 1 is 0.450 bits per heavy atom. The molecule has 0 fully saturated rings. The van der Waals surface area contributed by atoms with Crippen LogP contribution in [0.1, 0.15) is 84.0 Å². The van der Waals surface area contributed by atoms with E-state index in [9.17, 15) is 14.4 Å². The molecule has 0 heterocycles. The van der Waals surface area contributed by atoms with Gasteiger partial charge in [0.1, 0.15) is 6.61 Å². The van der Waals surface area contributed by atoms with E-state index < -0.39 is 17.7 Å². The van der Waals surface area contributed by atoms with E-state index in [4.69, 9.17) is 38.3 Å². The number of Topliss-reactive ketones (excluding diaryl/α,β-unsaturated/α-hetero) is 1. The third-order valence-electron chi connectivity index (χ3n) is 5.79. The number of rotatable bonds is 33. The van der Waals surface area contributed by atoms with E-state index in [1.807, 2.05) is 0 Å². The predicted molar refractivity (Wildman–Crippen MR) is 150 cm³/mol. The first-order valence-electron chi connectivity index (χ1n) is 15.0. The summed E-state index contributed by atoms with van der Waals surface area (Å²) in [5.41, 5.74) is 0. The van der Waals surface area contributed by atoms with Gasteiger partial charge in [0.25, 0.3) is 0 Å². The predicted octanol–water partition coefficient (Wildman–Crippen LogP) is 3.98. The Morgan fingerprint density at radius 2 is 0.800 bits per heavy atom. The Kier molecular flexibility index (Phi) is 30.6. The monoisotopic (exact) mass is 578 g/mol. The maximum Gasteiger partial charge on any atom is 0.372 e. The Bertz CT molecular complexity index is 586. The van der Waals surface area contributed by atoms with Crippen LogP contribution < -0.4 is 0 Å². The molecular formula is C29H54O11. The van der Waals surface area contributed by atoms with Gasteiger partial charge in [-0.1, -0.05) is 64.7 Å². The lowest BCUT2D eigenvalue weighted by molar-refractivity contribution is -0.151. The van der Waals surface area contributed by atoms with Gasteiger partial charge in [-0.05, 0) is 6.42 Å². The number of unbranched alkanes of at least 4 members (excludes halogenated alkanes) is 9. The van der Waals surface area contributed by atoms with Gasteiger partial charge in [0.2, 0.25) is 5.78 Å². The molecular weight excluding hydrogens is 524 g/mol. The van der Waals surface area contributed by atoms with Crippen LogP contribution in [-0.4, -0.2) is 109 Å². The quantitative estimate of drug-likeness (QED) is 0.0688. The fraction of sp³-hybridized carbons (Fsp3) is 0.897. The number of hydrogen-bond donors (Lipinski definition) is 1. The molecule has 236 valence electrons. The van der Waals surface area contributed by atoms with Crippen LogP contribution in [0.15, 0.2) is 0 Å². The maximum absolute atomic E-state index is 11.3. The van der Waals surface area contributed by atoms with Crippen molar-refractivity contribution in [1.29, 1.82) is 0 Å². The van der Waals surface area contributed by atoms with Crippen molar-refractivity contribution in [2.24, 2.45) is 0 Å². The molecule has 0 aliphatic rings. The number of carboxylic acid groups (broad SMARTS) is 1.